The zero-order chi connectivity index (χ0) is 15.3. The van der Waals surface area contributed by atoms with Gasteiger partial charge in [0.25, 0.3) is 0 Å². The third-order valence-electron chi connectivity index (χ3n) is 3.34. The van der Waals surface area contributed by atoms with Crippen LogP contribution in [0.25, 0.3) is 6.08 Å². The van der Waals surface area contributed by atoms with Crippen LogP contribution in [0.1, 0.15) is 12.0 Å². The van der Waals surface area contributed by atoms with Gasteiger partial charge in [0, 0.05) is 11.8 Å². The van der Waals surface area contributed by atoms with E-state index in [4.69, 9.17) is 4.74 Å². The number of carboxylic acids is 1. The van der Waals surface area contributed by atoms with E-state index in [9.17, 15) is 14.7 Å². The molecule has 1 saturated heterocycles. The number of carbonyl (C=O) groups is 2. The highest BCUT2D eigenvalue weighted by molar-refractivity contribution is 7.99. The summed E-state index contributed by atoms with van der Waals surface area (Å²) in [5.41, 5.74) is -0.289. The van der Waals surface area contributed by atoms with Crippen LogP contribution in [-0.2, 0) is 9.59 Å². The van der Waals surface area contributed by atoms with Crippen molar-refractivity contribution in [3.63, 3.8) is 0 Å². The number of hydrogen-bond donors (Lipinski definition) is 2. The van der Waals surface area contributed by atoms with Crippen molar-refractivity contribution in [2.75, 3.05) is 18.6 Å². The smallest absolute Gasteiger partial charge is 0.330 e. The number of nitrogens with one attached hydrogen (secondary N) is 1. The summed E-state index contributed by atoms with van der Waals surface area (Å²) >= 11 is 1.54. The summed E-state index contributed by atoms with van der Waals surface area (Å²) in [5, 5.41) is 11.9. The Bertz CT molecular complexity index is 547. The van der Waals surface area contributed by atoms with Gasteiger partial charge in [0.1, 0.15) is 11.3 Å². The van der Waals surface area contributed by atoms with Gasteiger partial charge in [0.15, 0.2) is 0 Å². The Morgan fingerprint density at radius 2 is 2.10 bits per heavy atom. The lowest BCUT2D eigenvalue weighted by Crippen LogP contribution is -2.54. The number of carbonyl (C=O) groups excluding carboxylic acids is 1. The number of amides is 1. The molecule has 1 unspecified atom stereocenters. The lowest BCUT2D eigenvalue weighted by Gasteiger charge is -2.23. The molecule has 1 atom stereocenters. The lowest BCUT2D eigenvalue weighted by atomic mass is 9.99. The largest absolute Gasteiger partial charge is 0.497 e. The molecule has 0 aromatic heterocycles. The van der Waals surface area contributed by atoms with Crippen molar-refractivity contribution in [3.8, 4) is 5.75 Å². The Labute approximate surface area is 127 Å². The molecule has 5 nitrogen and oxygen atoms in total. The molecule has 1 aromatic carbocycles. The molecule has 0 bridgehead atoms. The van der Waals surface area contributed by atoms with E-state index in [2.05, 4.69) is 5.32 Å². The summed E-state index contributed by atoms with van der Waals surface area (Å²) < 4.78 is 5.05. The molecule has 0 saturated carbocycles. The first-order valence-corrected chi connectivity index (χ1v) is 7.67. The molecule has 1 heterocycles. The van der Waals surface area contributed by atoms with Crippen molar-refractivity contribution >= 4 is 29.7 Å². The quantitative estimate of drug-likeness (QED) is 0.811. The summed E-state index contributed by atoms with van der Waals surface area (Å²) in [6.45, 7) is 0. The number of benzene rings is 1. The molecular weight excluding hydrogens is 290 g/mol. The Morgan fingerprint density at radius 1 is 1.38 bits per heavy atom. The third kappa shape index (κ3) is 3.78. The van der Waals surface area contributed by atoms with Crippen molar-refractivity contribution in [3.05, 3.63) is 35.9 Å². The van der Waals surface area contributed by atoms with Crippen molar-refractivity contribution in [1.29, 1.82) is 0 Å². The Hall–Kier alpha value is -1.95. The Balaban J connectivity index is 2.00. The van der Waals surface area contributed by atoms with Gasteiger partial charge in [-0.3, -0.25) is 4.79 Å². The van der Waals surface area contributed by atoms with Gasteiger partial charge in [-0.1, -0.05) is 12.1 Å². The normalized spacial score (nSPS) is 21.4. The van der Waals surface area contributed by atoms with Gasteiger partial charge in [-0.15, -0.1) is 0 Å². The number of ether oxygens (including phenoxy) is 1. The Kier molecular flexibility index (Phi) is 4.90. The number of thioether (sulfide) groups is 1. The molecule has 1 amide bonds. The minimum Gasteiger partial charge on any atom is -0.497 e. The van der Waals surface area contributed by atoms with Crippen LogP contribution in [-0.4, -0.2) is 41.1 Å². The fourth-order valence-corrected chi connectivity index (χ4v) is 3.38. The second kappa shape index (κ2) is 6.67. The van der Waals surface area contributed by atoms with Crippen LogP contribution >= 0.6 is 11.8 Å². The van der Waals surface area contributed by atoms with Crippen LogP contribution in [0, 0.1) is 0 Å². The fourth-order valence-electron chi connectivity index (χ4n) is 2.05. The lowest BCUT2D eigenvalue weighted by molar-refractivity contribution is -0.145. The number of methoxy groups -OCH3 is 1. The van der Waals surface area contributed by atoms with Gasteiger partial charge in [-0.05, 0) is 35.9 Å². The van der Waals surface area contributed by atoms with E-state index in [1.165, 1.54) is 17.8 Å². The summed E-state index contributed by atoms with van der Waals surface area (Å²) in [6, 6.07) is 7.23. The van der Waals surface area contributed by atoms with Crippen LogP contribution in [0.3, 0.4) is 0 Å². The maximum atomic E-state index is 11.9. The predicted molar refractivity (Wildman–Crippen MR) is 82.5 cm³/mol. The van der Waals surface area contributed by atoms with Gasteiger partial charge in [0.05, 0.1) is 7.11 Å². The maximum Gasteiger partial charge on any atom is 0.330 e. The van der Waals surface area contributed by atoms with Crippen LogP contribution < -0.4 is 10.1 Å². The third-order valence-corrected chi connectivity index (χ3v) is 4.53. The summed E-state index contributed by atoms with van der Waals surface area (Å²) in [4.78, 5) is 23.2. The minimum atomic E-state index is -1.13. The molecule has 21 heavy (non-hydrogen) atoms. The van der Waals surface area contributed by atoms with Crippen LogP contribution in [0.5, 0.6) is 5.75 Å². The molecule has 2 N–H and O–H groups in total. The minimum absolute atomic E-state index is 0.393. The highest BCUT2D eigenvalue weighted by atomic mass is 32.2. The molecular formula is C15H17NO4S. The van der Waals surface area contributed by atoms with Crippen molar-refractivity contribution in [2.45, 2.75) is 12.0 Å². The van der Waals surface area contributed by atoms with Crippen molar-refractivity contribution < 1.29 is 19.4 Å². The van der Waals surface area contributed by atoms with Crippen molar-refractivity contribution in [1.82, 2.24) is 5.32 Å². The average Bonchev–Trinajstić information content (AvgIpc) is 2.95. The fraction of sp³-hybridized carbons (Fsp3) is 0.333. The Morgan fingerprint density at radius 3 is 2.62 bits per heavy atom. The molecule has 6 heteroatoms. The van der Waals surface area contributed by atoms with E-state index in [0.717, 1.165) is 17.1 Å². The molecule has 0 spiro atoms. The molecule has 112 valence electrons. The van der Waals surface area contributed by atoms with Crippen LogP contribution in [0.2, 0.25) is 0 Å². The van der Waals surface area contributed by atoms with E-state index in [0.29, 0.717) is 12.2 Å². The van der Waals surface area contributed by atoms with E-state index < -0.39 is 17.4 Å². The zero-order valence-electron chi connectivity index (χ0n) is 11.7. The summed E-state index contributed by atoms with van der Waals surface area (Å²) in [6.07, 6.45) is 3.46. The molecule has 0 aliphatic carbocycles. The summed E-state index contributed by atoms with van der Waals surface area (Å²) in [5.74, 6) is 0.526. The first kappa shape index (κ1) is 15.4. The highest BCUT2D eigenvalue weighted by Crippen LogP contribution is 2.28. The maximum absolute atomic E-state index is 11.9. The van der Waals surface area contributed by atoms with Gasteiger partial charge in [0.2, 0.25) is 5.91 Å². The van der Waals surface area contributed by atoms with Crippen LogP contribution in [0.4, 0.5) is 0 Å². The first-order chi connectivity index (χ1) is 10.1. The number of carboxylic acid groups (broad SMARTS) is 1. The second-order valence-electron chi connectivity index (χ2n) is 4.79. The molecule has 1 fully saturated rings. The highest BCUT2D eigenvalue weighted by Gasteiger charge is 2.42. The number of aliphatic carboxylic acids is 1. The summed E-state index contributed by atoms with van der Waals surface area (Å²) in [7, 11) is 1.59. The monoisotopic (exact) mass is 307 g/mol. The average molecular weight is 307 g/mol. The van der Waals surface area contributed by atoms with Crippen LogP contribution in [0.15, 0.2) is 30.3 Å². The molecule has 1 aliphatic rings. The van der Waals surface area contributed by atoms with E-state index in [1.54, 1.807) is 25.3 Å². The van der Waals surface area contributed by atoms with E-state index in [-0.39, 0.29) is 0 Å². The second-order valence-corrected chi connectivity index (χ2v) is 5.89. The SMILES string of the molecule is COc1ccc(C=CC(=O)NC2(C(=O)O)CCSC2)cc1. The predicted octanol–water partition coefficient (Wildman–Crippen LogP) is 1.78. The topological polar surface area (TPSA) is 75.6 Å². The van der Waals surface area contributed by atoms with E-state index in [1.807, 2.05) is 12.1 Å². The molecule has 0 radical (unpaired) electrons. The van der Waals surface area contributed by atoms with E-state index >= 15 is 0 Å². The molecule has 1 aromatic rings. The van der Waals surface area contributed by atoms with Gasteiger partial charge < -0.3 is 15.2 Å². The zero-order valence-corrected chi connectivity index (χ0v) is 12.5. The first-order valence-electron chi connectivity index (χ1n) is 6.51. The molecule has 1 aliphatic heterocycles. The number of rotatable bonds is 5. The van der Waals surface area contributed by atoms with Gasteiger partial charge in [-0.2, -0.15) is 11.8 Å². The number of hydrogen-bond acceptors (Lipinski definition) is 4. The van der Waals surface area contributed by atoms with Gasteiger partial charge >= 0.3 is 5.97 Å². The van der Waals surface area contributed by atoms with Crippen molar-refractivity contribution in [2.24, 2.45) is 0 Å². The standard InChI is InChI=1S/C15H17NO4S/c1-20-12-5-2-11(3-6-12)4-7-13(17)16-15(14(18)19)8-9-21-10-15/h2-7H,8-10H2,1H3,(H,16,17)(H,18,19). The molecule has 2 rings (SSSR count). The van der Waals surface area contributed by atoms with Gasteiger partial charge in [-0.25, -0.2) is 4.79 Å².